The number of hydrogen-bond acceptors (Lipinski definition) is 3. The summed E-state index contributed by atoms with van der Waals surface area (Å²) in [5.41, 5.74) is -0.628. The number of nitrogens with zero attached hydrogens (tertiary/aromatic N) is 1. The topological polar surface area (TPSA) is 30.0 Å². The molecule has 6 heteroatoms. The van der Waals surface area contributed by atoms with E-state index in [0.29, 0.717) is 17.6 Å². The maximum absolute atomic E-state index is 13.1. The van der Waals surface area contributed by atoms with Gasteiger partial charge in [-0.3, -0.25) is 4.79 Å². The Morgan fingerprint density at radius 1 is 1.21 bits per heavy atom. The molecule has 2 rings (SSSR count). The van der Waals surface area contributed by atoms with Gasteiger partial charge in [0.1, 0.15) is 0 Å². The Hall–Kier alpha value is -1.43. The van der Waals surface area contributed by atoms with Gasteiger partial charge in [0.15, 0.2) is 17.5 Å². The van der Waals surface area contributed by atoms with E-state index in [4.69, 9.17) is 0 Å². The number of hydrogen-bond donors (Lipinski definition) is 0. The molecule has 0 aliphatic rings. The van der Waals surface area contributed by atoms with Crippen molar-refractivity contribution >= 4 is 21.6 Å². The third kappa shape index (κ3) is 1.19. The Labute approximate surface area is 79.8 Å². The number of rotatable bonds is 0. The number of halogens is 3. The predicted molar refractivity (Wildman–Crippen MR) is 45.8 cm³/mol. The van der Waals surface area contributed by atoms with Crippen LogP contribution in [0, 0.1) is 17.5 Å². The maximum Gasteiger partial charge on any atom is 0.206 e. The highest BCUT2D eigenvalue weighted by atomic mass is 32.1. The van der Waals surface area contributed by atoms with E-state index in [1.165, 1.54) is 0 Å². The molecule has 0 unspecified atom stereocenters. The van der Waals surface area contributed by atoms with Gasteiger partial charge in [0.25, 0.3) is 0 Å². The molecule has 0 amide bonds. The van der Waals surface area contributed by atoms with Gasteiger partial charge in [-0.2, -0.15) is 4.37 Å². The van der Waals surface area contributed by atoms with Gasteiger partial charge < -0.3 is 0 Å². The minimum Gasteiger partial charge on any atom is -0.287 e. The van der Waals surface area contributed by atoms with E-state index in [0.717, 1.165) is 6.20 Å². The smallest absolute Gasteiger partial charge is 0.206 e. The summed E-state index contributed by atoms with van der Waals surface area (Å²) in [6.45, 7) is 0. The van der Waals surface area contributed by atoms with Crippen molar-refractivity contribution in [1.29, 1.82) is 0 Å². The summed E-state index contributed by atoms with van der Waals surface area (Å²) in [4.78, 5) is 11.1. The van der Waals surface area contributed by atoms with Crippen molar-refractivity contribution in [2.45, 2.75) is 0 Å². The first-order valence-electron chi connectivity index (χ1n) is 3.53. The van der Waals surface area contributed by atoms with Gasteiger partial charge in [-0.25, -0.2) is 13.2 Å². The molecular formula is C8H2F3NOS. The summed E-state index contributed by atoms with van der Waals surface area (Å²) in [6, 6.07) is 0.675. The molecule has 0 N–H and O–H groups in total. The normalized spacial score (nSPS) is 10.8. The number of aromatic nitrogens is 1. The molecule has 0 atom stereocenters. The van der Waals surface area contributed by atoms with Crippen LogP contribution >= 0.6 is 11.5 Å². The third-order valence-corrected chi connectivity index (χ3v) is 2.49. The molecule has 1 aromatic heterocycles. The molecule has 0 saturated carbocycles. The van der Waals surface area contributed by atoms with E-state index < -0.39 is 22.9 Å². The molecule has 0 radical (unpaired) electrons. The first-order chi connectivity index (χ1) is 6.61. The Morgan fingerprint density at radius 2 is 1.93 bits per heavy atom. The first-order valence-corrected chi connectivity index (χ1v) is 4.31. The second-order valence-electron chi connectivity index (χ2n) is 2.55. The molecule has 14 heavy (non-hydrogen) atoms. The van der Waals surface area contributed by atoms with E-state index in [1.807, 2.05) is 0 Å². The van der Waals surface area contributed by atoms with Crippen LogP contribution in [0.3, 0.4) is 0 Å². The van der Waals surface area contributed by atoms with Crippen LogP contribution in [0.2, 0.25) is 0 Å². The molecule has 0 spiro atoms. The molecule has 0 aliphatic carbocycles. The number of benzene rings is 1. The van der Waals surface area contributed by atoms with Crippen molar-refractivity contribution in [2.24, 2.45) is 0 Å². The van der Waals surface area contributed by atoms with Crippen LogP contribution in [0.1, 0.15) is 0 Å². The van der Waals surface area contributed by atoms with Crippen LogP contribution in [0.5, 0.6) is 0 Å². The molecule has 72 valence electrons. The van der Waals surface area contributed by atoms with Crippen LogP contribution < -0.4 is 5.43 Å². The fraction of sp³-hybridized carbons (Fsp3) is 0. The average Bonchev–Trinajstić information content (AvgIpc) is 2.17. The van der Waals surface area contributed by atoms with Crippen LogP contribution in [0.15, 0.2) is 17.1 Å². The molecule has 0 aliphatic heterocycles. The maximum atomic E-state index is 13.1. The summed E-state index contributed by atoms with van der Waals surface area (Å²) in [7, 11) is 0. The molecule has 0 saturated heterocycles. The predicted octanol–water partition coefficient (Wildman–Crippen LogP) is 2.07. The highest BCUT2D eigenvalue weighted by Crippen LogP contribution is 2.22. The van der Waals surface area contributed by atoms with E-state index >= 15 is 0 Å². The van der Waals surface area contributed by atoms with Gasteiger partial charge in [-0.1, -0.05) is 0 Å². The zero-order chi connectivity index (χ0) is 10.3. The second kappa shape index (κ2) is 3.06. The Kier molecular flexibility index (Phi) is 1.99. The van der Waals surface area contributed by atoms with E-state index in [2.05, 4.69) is 4.37 Å². The molecule has 1 aromatic carbocycles. The molecule has 0 fully saturated rings. The average molecular weight is 217 g/mol. The molecule has 2 nitrogen and oxygen atoms in total. The van der Waals surface area contributed by atoms with Crippen molar-refractivity contribution in [3.8, 4) is 0 Å². The first kappa shape index (κ1) is 9.14. The lowest BCUT2D eigenvalue weighted by Gasteiger charge is -1.98. The van der Waals surface area contributed by atoms with Crippen LogP contribution in [0.25, 0.3) is 10.1 Å². The van der Waals surface area contributed by atoms with Crippen LogP contribution in [-0.4, -0.2) is 4.37 Å². The summed E-state index contributed by atoms with van der Waals surface area (Å²) in [5, 5.41) is -0.193. The second-order valence-corrected chi connectivity index (χ2v) is 3.35. The molecule has 2 aromatic rings. The zero-order valence-corrected chi connectivity index (χ0v) is 7.37. The summed E-state index contributed by atoms with van der Waals surface area (Å²) < 4.78 is 41.7. The lowest BCUT2D eigenvalue weighted by Crippen LogP contribution is -2.02. The van der Waals surface area contributed by atoms with E-state index in [9.17, 15) is 18.0 Å². The lowest BCUT2D eigenvalue weighted by atomic mass is 10.2. The largest absolute Gasteiger partial charge is 0.287 e. The highest BCUT2D eigenvalue weighted by Gasteiger charge is 2.15. The summed E-state index contributed by atoms with van der Waals surface area (Å²) >= 11 is 0.609. The SMILES string of the molecule is O=c1cnsc2c(F)c(F)c(F)cc12. The monoisotopic (exact) mass is 217 g/mol. The van der Waals surface area contributed by atoms with Crippen LogP contribution in [-0.2, 0) is 0 Å². The minimum atomic E-state index is -1.58. The van der Waals surface area contributed by atoms with Gasteiger partial charge in [0.05, 0.1) is 10.9 Å². The standard InChI is InChI=1S/C8H2F3NOS/c9-4-1-3-5(13)2-12-14-8(3)7(11)6(4)10/h1-2H. The van der Waals surface area contributed by atoms with Crippen LogP contribution in [0.4, 0.5) is 13.2 Å². The summed E-state index contributed by atoms with van der Waals surface area (Å²) in [6.07, 6.45) is 0.934. The van der Waals surface area contributed by atoms with Crippen molar-refractivity contribution in [1.82, 2.24) is 4.37 Å². The van der Waals surface area contributed by atoms with Crippen molar-refractivity contribution < 1.29 is 13.2 Å². The molecule has 1 heterocycles. The van der Waals surface area contributed by atoms with E-state index in [-0.39, 0.29) is 10.1 Å². The number of fused-ring (bicyclic) bond motifs is 1. The fourth-order valence-corrected chi connectivity index (χ4v) is 1.73. The quantitative estimate of drug-likeness (QED) is 0.632. The van der Waals surface area contributed by atoms with Gasteiger partial charge >= 0.3 is 0 Å². The fourth-order valence-electron chi connectivity index (χ4n) is 1.05. The highest BCUT2D eigenvalue weighted by molar-refractivity contribution is 7.12. The Bertz CT molecular complexity index is 566. The zero-order valence-electron chi connectivity index (χ0n) is 6.55. The van der Waals surface area contributed by atoms with Crippen molar-refractivity contribution in [3.63, 3.8) is 0 Å². The summed E-state index contributed by atoms with van der Waals surface area (Å²) in [5.74, 6) is -4.32. The molecular weight excluding hydrogens is 215 g/mol. The van der Waals surface area contributed by atoms with Gasteiger partial charge in [0.2, 0.25) is 5.43 Å². The van der Waals surface area contributed by atoms with Gasteiger partial charge in [-0.15, -0.1) is 0 Å². The van der Waals surface area contributed by atoms with E-state index in [1.54, 1.807) is 0 Å². The van der Waals surface area contributed by atoms with Gasteiger partial charge in [0, 0.05) is 5.39 Å². The third-order valence-electron chi connectivity index (χ3n) is 1.70. The van der Waals surface area contributed by atoms with Gasteiger partial charge in [-0.05, 0) is 17.6 Å². The lowest BCUT2D eigenvalue weighted by molar-refractivity contribution is 0.454. The Balaban J connectivity index is 3.06. The van der Waals surface area contributed by atoms with Crippen molar-refractivity contribution in [2.75, 3.05) is 0 Å². The van der Waals surface area contributed by atoms with Crippen molar-refractivity contribution in [3.05, 3.63) is 39.9 Å². The molecule has 0 bridgehead atoms. The Morgan fingerprint density at radius 3 is 2.64 bits per heavy atom. The minimum absolute atomic E-state index is 0.193.